The molecule has 0 radical (unpaired) electrons. The highest BCUT2D eigenvalue weighted by atomic mass is 16.5. The molecule has 3 fully saturated rings. The van der Waals surface area contributed by atoms with Crippen LogP contribution in [0, 0.1) is 5.92 Å². The van der Waals surface area contributed by atoms with E-state index in [1.54, 1.807) is 30.9 Å². The van der Waals surface area contributed by atoms with E-state index in [-0.39, 0.29) is 22.6 Å². The zero-order valence-corrected chi connectivity index (χ0v) is 20.0. The van der Waals surface area contributed by atoms with Gasteiger partial charge in [0, 0.05) is 37.9 Å². The third kappa shape index (κ3) is 3.90. The summed E-state index contributed by atoms with van der Waals surface area (Å²) in [6.07, 6.45) is 4.56. The predicted octanol–water partition coefficient (Wildman–Crippen LogP) is 2.69. The number of carbonyl (C=O) groups excluding carboxylic acids is 1. The van der Waals surface area contributed by atoms with Crippen LogP contribution in [0.25, 0.3) is 11.0 Å². The Morgan fingerprint density at radius 3 is 2.47 bits per heavy atom. The molecule has 0 unspecified atom stereocenters. The maximum absolute atomic E-state index is 13.4. The fraction of sp³-hybridized carbons (Fsp3) is 0.440. The summed E-state index contributed by atoms with van der Waals surface area (Å²) in [5.41, 5.74) is 1.06. The molecule has 178 valence electrons. The summed E-state index contributed by atoms with van der Waals surface area (Å²) in [6.45, 7) is 1.46. The van der Waals surface area contributed by atoms with Gasteiger partial charge >= 0.3 is 0 Å². The van der Waals surface area contributed by atoms with E-state index < -0.39 is 0 Å². The summed E-state index contributed by atoms with van der Waals surface area (Å²) < 4.78 is 7.50. The van der Waals surface area contributed by atoms with Gasteiger partial charge in [-0.2, -0.15) is 4.98 Å². The molecule has 0 aliphatic heterocycles. The summed E-state index contributed by atoms with van der Waals surface area (Å²) in [5.74, 6) is 1.57. The number of fused-ring (bicyclic) bond motifs is 1. The Kier molecular flexibility index (Phi) is 5.51. The monoisotopic (exact) mass is 462 g/mol. The molecule has 0 atom stereocenters. The van der Waals surface area contributed by atoms with E-state index in [0.29, 0.717) is 29.5 Å². The average Bonchev–Trinajstić information content (AvgIpc) is 2.74. The Bertz CT molecular complexity index is 1280. The van der Waals surface area contributed by atoms with Gasteiger partial charge in [0.25, 0.3) is 11.5 Å². The molecular formula is C25H30N6O3. The lowest BCUT2D eigenvalue weighted by Crippen LogP contribution is -2.62. The molecule has 0 spiro atoms. The minimum Gasteiger partial charge on any atom is -0.492 e. The van der Waals surface area contributed by atoms with E-state index in [9.17, 15) is 9.59 Å². The summed E-state index contributed by atoms with van der Waals surface area (Å²) >= 11 is 0. The molecular weight excluding hydrogens is 432 g/mol. The second-order valence-electron chi connectivity index (χ2n) is 9.87. The van der Waals surface area contributed by atoms with Gasteiger partial charge in [0.1, 0.15) is 23.6 Å². The number of hydrogen-bond acceptors (Lipinski definition) is 7. The lowest BCUT2D eigenvalue weighted by atomic mass is 9.49. The molecule has 9 heteroatoms. The van der Waals surface area contributed by atoms with Gasteiger partial charge in [-0.3, -0.25) is 14.2 Å². The van der Waals surface area contributed by atoms with Gasteiger partial charge < -0.3 is 19.9 Å². The Hall–Kier alpha value is -3.46. The van der Waals surface area contributed by atoms with Gasteiger partial charge in [0.15, 0.2) is 0 Å². The standard InChI is InChI=1S/C25H30N6O3/c1-29(2)9-10-34-19-7-5-18(6-8-19)27-24-26-15-17-11-20(22(32)30(3)4)23(33)31(21(17)28-24)25-12-16(13-25)14-25/h5-8,11,15-16H,9-10,12-14H2,1-4H3,(H,26,27,28). The highest BCUT2D eigenvalue weighted by Crippen LogP contribution is 2.62. The number of carbonyl (C=O) groups is 1. The van der Waals surface area contributed by atoms with Gasteiger partial charge in [0.2, 0.25) is 5.95 Å². The van der Waals surface area contributed by atoms with Crippen molar-refractivity contribution in [3.63, 3.8) is 0 Å². The van der Waals surface area contributed by atoms with Crippen LogP contribution in [0.1, 0.15) is 29.6 Å². The van der Waals surface area contributed by atoms with Crippen LogP contribution in [-0.2, 0) is 5.54 Å². The molecule has 3 aliphatic carbocycles. The van der Waals surface area contributed by atoms with Crippen LogP contribution in [0.15, 0.2) is 41.3 Å². The summed E-state index contributed by atoms with van der Waals surface area (Å²) in [7, 11) is 7.32. The van der Waals surface area contributed by atoms with Gasteiger partial charge in [-0.15, -0.1) is 0 Å². The molecule has 1 aromatic carbocycles. The smallest absolute Gasteiger partial charge is 0.265 e. The van der Waals surface area contributed by atoms with E-state index >= 15 is 0 Å². The molecule has 2 heterocycles. The fourth-order valence-corrected chi connectivity index (χ4v) is 4.81. The Morgan fingerprint density at radius 2 is 1.88 bits per heavy atom. The van der Waals surface area contributed by atoms with Crippen LogP contribution in [0.4, 0.5) is 11.6 Å². The number of amides is 1. The van der Waals surface area contributed by atoms with E-state index in [0.717, 1.165) is 37.2 Å². The first-order valence-electron chi connectivity index (χ1n) is 11.6. The number of pyridine rings is 1. The van der Waals surface area contributed by atoms with E-state index in [1.807, 2.05) is 38.4 Å². The van der Waals surface area contributed by atoms with Crippen LogP contribution < -0.4 is 15.6 Å². The van der Waals surface area contributed by atoms with Crippen molar-refractivity contribution in [1.29, 1.82) is 0 Å². The zero-order valence-electron chi connectivity index (χ0n) is 20.0. The average molecular weight is 463 g/mol. The summed E-state index contributed by atoms with van der Waals surface area (Å²) in [6, 6.07) is 9.23. The van der Waals surface area contributed by atoms with Crippen LogP contribution >= 0.6 is 0 Å². The maximum atomic E-state index is 13.4. The third-order valence-corrected chi connectivity index (χ3v) is 6.78. The second-order valence-corrected chi connectivity index (χ2v) is 9.87. The number of benzene rings is 1. The molecule has 9 nitrogen and oxygen atoms in total. The quantitative estimate of drug-likeness (QED) is 0.550. The molecule has 34 heavy (non-hydrogen) atoms. The largest absolute Gasteiger partial charge is 0.492 e. The van der Waals surface area contributed by atoms with Gasteiger partial charge in [-0.05, 0) is 69.6 Å². The number of anilines is 2. The first-order valence-corrected chi connectivity index (χ1v) is 11.6. The van der Waals surface area contributed by atoms with Crippen LogP contribution in [0.2, 0.25) is 0 Å². The highest BCUT2D eigenvalue weighted by Gasteiger charge is 2.59. The van der Waals surface area contributed by atoms with Crippen molar-refractivity contribution in [2.75, 3.05) is 46.7 Å². The van der Waals surface area contributed by atoms with Crippen molar-refractivity contribution < 1.29 is 9.53 Å². The number of ether oxygens (including phenoxy) is 1. The Morgan fingerprint density at radius 1 is 1.18 bits per heavy atom. The van der Waals surface area contributed by atoms with Gasteiger partial charge in [-0.25, -0.2) is 4.98 Å². The van der Waals surface area contributed by atoms with Gasteiger partial charge in [0.05, 0.1) is 5.54 Å². The second kappa shape index (κ2) is 8.39. The topological polar surface area (TPSA) is 92.6 Å². The molecule has 3 saturated carbocycles. The Labute approximate surface area is 198 Å². The number of nitrogens with zero attached hydrogens (tertiary/aromatic N) is 5. The van der Waals surface area contributed by atoms with Gasteiger partial charge in [-0.1, -0.05) is 0 Å². The zero-order chi connectivity index (χ0) is 24.0. The maximum Gasteiger partial charge on any atom is 0.265 e. The van der Waals surface area contributed by atoms with Crippen molar-refractivity contribution >= 4 is 28.6 Å². The first-order chi connectivity index (χ1) is 16.3. The molecule has 1 amide bonds. The number of nitrogens with one attached hydrogen (secondary N) is 1. The molecule has 6 rings (SSSR count). The number of rotatable bonds is 8. The van der Waals surface area contributed by atoms with Crippen LogP contribution in [-0.4, -0.2) is 71.6 Å². The summed E-state index contributed by atoms with van der Waals surface area (Å²) in [4.78, 5) is 38.8. The molecule has 2 bridgehead atoms. The third-order valence-electron chi connectivity index (χ3n) is 6.78. The molecule has 3 aromatic rings. The molecule has 3 aliphatic rings. The van der Waals surface area contributed by atoms with Crippen molar-refractivity contribution in [3.8, 4) is 5.75 Å². The number of aromatic nitrogens is 3. The Balaban J connectivity index is 1.45. The predicted molar refractivity (Wildman–Crippen MR) is 131 cm³/mol. The lowest BCUT2D eigenvalue weighted by Gasteiger charge is -2.62. The van der Waals surface area contributed by atoms with Crippen molar-refractivity contribution in [1.82, 2.24) is 24.3 Å². The molecule has 2 aromatic heterocycles. The van der Waals surface area contributed by atoms with Crippen molar-refractivity contribution in [2.45, 2.75) is 24.8 Å². The normalized spacial score (nSPS) is 20.6. The summed E-state index contributed by atoms with van der Waals surface area (Å²) in [5, 5.41) is 3.91. The minimum atomic E-state index is -0.303. The van der Waals surface area contributed by atoms with E-state index in [4.69, 9.17) is 9.72 Å². The van der Waals surface area contributed by atoms with Crippen LogP contribution in [0.3, 0.4) is 0 Å². The molecule has 1 N–H and O–H groups in total. The van der Waals surface area contributed by atoms with Crippen molar-refractivity contribution in [2.24, 2.45) is 5.92 Å². The van der Waals surface area contributed by atoms with E-state index in [2.05, 4.69) is 15.2 Å². The fourth-order valence-electron chi connectivity index (χ4n) is 4.81. The SMILES string of the molecule is CN(C)CCOc1ccc(Nc2ncc3cc(C(=O)N(C)C)c(=O)n(C45CC(C4)C5)c3n2)cc1. The first kappa shape index (κ1) is 22.3. The minimum absolute atomic E-state index is 0.163. The lowest BCUT2D eigenvalue weighted by molar-refractivity contribution is -0.0884. The van der Waals surface area contributed by atoms with E-state index in [1.165, 1.54) is 4.90 Å². The highest BCUT2D eigenvalue weighted by molar-refractivity contribution is 5.96. The number of hydrogen-bond donors (Lipinski definition) is 1. The molecule has 0 saturated heterocycles. The van der Waals surface area contributed by atoms with Crippen LogP contribution in [0.5, 0.6) is 5.75 Å². The number of likely N-dealkylation sites (N-methyl/N-ethyl adjacent to an activating group) is 1. The van der Waals surface area contributed by atoms with Crippen molar-refractivity contribution in [3.05, 3.63) is 52.4 Å².